The molecule has 132 valence electrons. The number of hydrogen-bond acceptors (Lipinski definition) is 5. The van der Waals surface area contributed by atoms with Gasteiger partial charge in [-0.15, -0.1) is 0 Å². The molecular weight excluding hydrogens is 308 g/mol. The lowest BCUT2D eigenvalue weighted by Gasteiger charge is -2.26. The van der Waals surface area contributed by atoms with E-state index in [9.17, 15) is 9.59 Å². The van der Waals surface area contributed by atoms with Crippen molar-refractivity contribution in [3.8, 4) is 0 Å². The lowest BCUT2D eigenvalue weighted by molar-refractivity contribution is -0.143. The van der Waals surface area contributed by atoms with Gasteiger partial charge in [0, 0.05) is 25.3 Å². The summed E-state index contributed by atoms with van der Waals surface area (Å²) in [6.07, 6.45) is 2.62. The highest BCUT2D eigenvalue weighted by atomic mass is 16.5. The molecule has 0 bridgehead atoms. The first-order chi connectivity index (χ1) is 11.6. The van der Waals surface area contributed by atoms with E-state index >= 15 is 0 Å². The molecule has 3 N–H and O–H groups in total. The fraction of sp³-hybridized carbons (Fsp3) is 0.556. The molecule has 1 amide bonds. The average molecular weight is 334 g/mol. The van der Waals surface area contributed by atoms with Crippen molar-refractivity contribution in [1.82, 2.24) is 0 Å². The Labute approximate surface area is 142 Å². The highest BCUT2D eigenvalue weighted by Crippen LogP contribution is 2.19. The monoisotopic (exact) mass is 334 g/mol. The Kier molecular flexibility index (Phi) is 7.21. The number of esters is 1. The summed E-state index contributed by atoms with van der Waals surface area (Å²) in [5.74, 6) is -0.193. The molecule has 6 heteroatoms. The van der Waals surface area contributed by atoms with Crippen LogP contribution in [0.25, 0.3) is 0 Å². The molecule has 0 aromatic heterocycles. The van der Waals surface area contributed by atoms with Crippen molar-refractivity contribution >= 4 is 17.6 Å². The van der Waals surface area contributed by atoms with Crippen molar-refractivity contribution in [2.24, 2.45) is 11.7 Å². The van der Waals surface area contributed by atoms with Crippen LogP contribution in [0.1, 0.15) is 31.7 Å². The third-order valence-electron chi connectivity index (χ3n) is 4.22. The number of amides is 1. The quantitative estimate of drug-likeness (QED) is 0.743. The Hall–Kier alpha value is -1.92. The maximum atomic E-state index is 12.2. The van der Waals surface area contributed by atoms with Crippen molar-refractivity contribution in [1.29, 1.82) is 0 Å². The number of carbonyl (C=O) groups excluding carboxylic acids is 2. The van der Waals surface area contributed by atoms with Crippen molar-refractivity contribution in [2.45, 2.75) is 38.6 Å². The van der Waals surface area contributed by atoms with E-state index in [1.807, 2.05) is 24.3 Å². The number of benzene rings is 1. The molecule has 1 aliphatic rings. The molecular formula is C18H26N2O4. The standard InChI is InChI=1S/C18H26N2O4/c1-2-24-16(21)8-5-13-3-6-15(7-4-13)20-18(22)17(19)14-9-11-23-12-10-14/h3-4,6-7,14,17H,2,5,8-12,19H2,1H3,(H,20,22). The van der Waals surface area contributed by atoms with Crippen LogP contribution in [0, 0.1) is 5.92 Å². The number of anilines is 1. The second-order valence-electron chi connectivity index (χ2n) is 5.97. The fourth-order valence-corrected chi connectivity index (χ4v) is 2.75. The van der Waals surface area contributed by atoms with E-state index in [0.717, 1.165) is 18.4 Å². The van der Waals surface area contributed by atoms with Gasteiger partial charge in [-0.3, -0.25) is 9.59 Å². The summed E-state index contributed by atoms with van der Waals surface area (Å²) in [7, 11) is 0. The molecule has 0 saturated carbocycles. The molecule has 1 atom stereocenters. The van der Waals surface area contributed by atoms with E-state index in [-0.39, 0.29) is 17.8 Å². The molecule has 1 unspecified atom stereocenters. The molecule has 0 spiro atoms. The largest absolute Gasteiger partial charge is 0.466 e. The minimum Gasteiger partial charge on any atom is -0.466 e. The number of nitrogens with one attached hydrogen (secondary N) is 1. The fourth-order valence-electron chi connectivity index (χ4n) is 2.75. The Bertz CT molecular complexity index is 538. The van der Waals surface area contributed by atoms with Gasteiger partial charge >= 0.3 is 5.97 Å². The van der Waals surface area contributed by atoms with Crippen molar-refractivity contribution < 1.29 is 19.1 Å². The van der Waals surface area contributed by atoms with Crippen LogP contribution >= 0.6 is 0 Å². The van der Waals surface area contributed by atoms with Crippen LogP contribution < -0.4 is 11.1 Å². The normalized spacial score (nSPS) is 16.4. The first kappa shape index (κ1) is 18.4. The van der Waals surface area contributed by atoms with Gasteiger partial charge in [0.25, 0.3) is 0 Å². The predicted molar refractivity (Wildman–Crippen MR) is 91.5 cm³/mol. The van der Waals surface area contributed by atoms with Crippen LogP contribution in [-0.2, 0) is 25.5 Å². The summed E-state index contributed by atoms with van der Waals surface area (Å²) in [4.78, 5) is 23.6. The van der Waals surface area contributed by atoms with Gasteiger partial charge in [0.15, 0.2) is 0 Å². The molecule has 6 nitrogen and oxygen atoms in total. The third-order valence-corrected chi connectivity index (χ3v) is 4.22. The molecule has 24 heavy (non-hydrogen) atoms. The van der Waals surface area contributed by atoms with Gasteiger partial charge in [-0.05, 0) is 49.8 Å². The first-order valence-electron chi connectivity index (χ1n) is 8.49. The highest BCUT2D eigenvalue weighted by molar-refractivity contribution is 5.94. The minimum absolute atomic E-state index is 0.166. The van der Waals surface area contributed by atoms with Crippen molar-refractivity contribution in [3.05, 3.63) is 29.8 Å². The summed E-state index contributed by atoms with van der Waals surface area (Å²) in [6.45, 7) is 3.53. The lowest BCUT2D eigenvalue weighted by Crippen LogP contribution is -2.43. The zero-order valence-corrected chi connectivity index (χ0v) is 14.1. The van der Waals surface area contributed by atoms with E-state index in [1.165, 1.54) is 0 Å². The van der Waals surface area contributed by atoms with Gasteiger partial charge in [-0.25, -0.2) is 0 Å². The molecule has 0 radical (unpaired) electrons. The van der Waals surface area contributed by atoms with E-state index in [4.69, 9.17) is 15.2 Å². The van der Waals surface area contributed by atoms with E-state index in [1.54, 1.807) is 6.92 Å². The Morgan fingerprint density at radius 1 is 1.29 bits per heavy atom. The van der Waals surface area contributed by atoms with Gasteiger partial charge < -0.3 is 20.5 Å². The minimum atomic E-state index is -0.516. The molecule has 1 fully saturated rings. The molecule has 1 aliphatic heterocycles. The third kappa shape index (κ3) is 5.62. The summed E-state index contributed by atoms with van der Waals surface area (Å²) in [6, 6.07) is 6.94. The van der Waals surface area contributed by atoms with Crippen LogP contribution in [-0.4, -0.2) is 37.7 Å². The van der Waals surface area contributed by atoms with Gasteiger partial charge in [0.05, 0.1) is 12.6 Å². The second-order valence-corrected chi connectivity index (χ2v) is 5.97. The average Bonchev–Trinajstić information content (AvgIpc) is 2.61. The predicted octanol–water partition coefficient (Wildman–Crippen LogP) is 1.87. The molecule has 1 aromatic rings. The Morgan fingerprint density at radius 3 is 2.58 bits per heavy atom. The number of ether oxygens (including phenoxy) is 2. The van der Waals surface area contributed by atoms with Gasteiger partial charge in [-0.1, -0.05) is 12.1 Å². The number of nitrogens with two attached hydrogens (primary N) is 1. The summed E-state index contributed by atoms with van der Waals surface area (Å²) < 4.78 is 10.2. The number of carbonyl (C=O) groups is 2. The zero-order valence-electron chi connectivity index (χ0n) is 14.1. The number of hydrogen-bond donors (Lipinski definition) is 2. The SMILES string of the molecule is CCOC(=O)CCc1ccc(NC(=O)C(N)C2CCOCC2)cc1. The molecule has 1 saturated heterocycles. The number of aryl methyl sites for hydroxylation is 1. The van der Waals surface area contributed by atoms with Crippen LogP contribution in [0.2, 0.25) is 0 Å². The van der Waals surface area contributed by atoms with Crippen LogP contribution in [0.3, 0.4) is 0 Å². The summed E-state index contributed by atoms with van der Waals surface area (Å²) in [5.41, 5.74) is 7.79. The second kappa shape index (κ2) is 9.39. The lowest BCUT2D eigenvalue weighted by atomic mass is 9.92. The smallest absolute Gasteiger partial charge is 0.306 e. The van der Waals surface area contributed by atoms with Gasteiger partial charge in [0.2, 0.25) is 5.91 Å². The first-order valence-corrected chi connectivity index (χ1v) is 8.49. The van der Waals surface area contributed by atoms with Crippen molar-refractivity contribution in [2.75, 3.05) is 25.1 Å². The van der Waals surface area contributed by atoms with E-state index in [0.29, 0.717) is 38.3 Å². The maximum absolute atomic E-state index is 12.2. The van der Waals surface area contributed by atoms with Crippen molar-refractivity contribution in [3.63, 3.8) is 0 Å². The molecule has 1 heterocycles. The van der Waals surface area contributed by atoms with Crippen LogP contribution in [0.15, 0.2) is 24.3 Å². The van der Waals surface area contributed by atoms with Gasteiger partial charge in [-0.2, -0.15) is 0 Å². The highest BCUT2D eigenvalue weighted by Gasteiger charge is 2.26. The zero-order chi connectivity index (χ0) is 17.4. The van der Waals surface area contributed by atoms with Gasteiger partial charge in [0.1, 0.15) is 0 Å². The maximum Gasteiger partial charge on any atom is 0.306 e. The topological polar surface area (TPSA) is 90.7 Å². The summed E-state index contributed by atoms with van der Waals surface area (Å²) >= 11 is 0. The van der Waals surface area contributed by atoms with E-state index < -0.39 is 6.04 Å². The number of rotatable bonds is 7. The molecule has 2 rings (SSSR count). The Morgan fingerprint density at radius 2 is 1.96 bits per heavy atom. The Balaban J connectivity index is 1.82. The van der Waals surface area contributed by atoms with Crippen LogP contribution in [0.5, 0.6) is 0 Å². The van der Waals surface area contributed by atoms with Crippen LogP contribution in [0.4, 0.5) is 5.69 Å². The molecule has 1 aromatic carbocycles. The molecule has 0 aliphatic carbocycles. The van der Waals surface area contributed by atoms with E-state index in [2.05, 4.69) is 5.32 Å². The summed E-state index contributed by atoms with van der Waals surface area (Å²) in [5, 5.41) is 2.85.